The van der Waals surface area contributed by atoms with E-state index < -0.39 is 0 Å². The van der Waals surface area contributed by atoms with Crippen LogP contribution < -0.4 is 5.32 Å². The van der Waals surface area contributed by atoms with Crippen LogP contribution in [-0.2, 0) is 11.3 Å². The van der Waals surface area contributed by atoms with E-state index in [0.29, 0.717) is 31.0 Å². The first kappa shape index (κ1) is 23.0. The van der Waals surface area contributed by atoms with Crippen molar-refractivity contribution in [1.29, 1.82) is 0 Å². The molecular formula is C25H29N5O2S. The Balaban J connectivity index is 1.26. The van der Waals surface area contributed by atoms with Gasteiger partial charge in [-0.05, 0) is 43.9 Å². The van der Waals surface area contributed by atoms with Crippen LogP contribution in [0, 0.1) is 13.8 Å². The van der Waals surface area contributed by atoms with Crippen LogP contribution in [0.4, 0.5) is 0 Å². The van der Waals surface area contributed by atoms with Crippen molar-refractivity contribution >= 4 is 23.6 Å². The van der Waals surface area contributed by atoms with Crippen molar-refractivity contribution in [1.82, 2.24) is 25.0 Å². The Morgan fingerprint density at radius 3 is 2.42 bits per heavy atom. The fraction of sp³-hybridized carbons (Fsp3) is 0.360. The van der Waals surface area contributed by atoms with E-state index in [1.807, 2.05) is 65.8 Å². The summed E-state index contributed by atoms with van der Waals surface area (Å²) < 4.78 is 2.04. The molecule has 8 heteroatoms. The van der Waals surface area contributed by atoms with Crippen molar-refractivity contribution in [2.75, 3.05) is 18.8 Å². The molecule has 0 unspecified atom stereocenters. The van der Waals surface area contributed by atoms with E-state index in [2.05, 4.69) is 27.6 Å². The minimum atomic E-state index is -0.0402. The third kappa shape index (κ3) is 5.82. The zero-order valence-corrected chi connectivity index (χ0v) is 19.8. The molecule has 172 valence electrons. The summed E-state index contributed by atoms with van der Waals surface area (Å²) in [7, 11) is 0. The highest BCUT2D eigenvalue weighted by atomic mass is 32.2. The highest BCUT2D eigenvalue weighted by molar-refractivity contribution is 7.99. The number of likely N-dealkylation sites (tertiary alicyclic amines) is 1. The summed E-state index contributed by atoms with van der Waals surface area (Å²) >= 11 is 1.43. The summed E-state index contributed by atoms with van der Waals surface area (Å²) in [5.74, 6) is 1.21. The number of rotatable bonds is 7. The number of aromatic nitrogens is 3. The maximum atomic E-state index is 12.8. The maximum Gasteiger partial charge on any atom is 0.251 e. The number of thioether (sulfide) groups is 1. The maximum absolute atomic E-state index is 12.8. The zero-order chi connectivity index (χ0) is 23.2. The first-order valence-electron chi connectivity index (χ1n) is 11.2. The second kappa shape index (κ2) is 10.7. The number of amides is 2. The summed E-state index contributed by atoms with van der Waals surface area (Å²) in [4.78, 5) is 27.2. The molecule has 2 amide bonds. The predicted octanol–water partition coefficient (Wildman–Crippen LogP) is 3.46. The highest BCUT2D eigenvalue weighted by Gasteiger charge is 2.25. The number of hydrogen-bond donors (Lipinski definition) is 1. The molecule has 3 aromatic rings. The van der Waals surface area contributed by atoms with Gasteiger partial charge in [0, 0.05) is 24.7 Å². The first-order chi connectivity index (χ1) is 16.0. The minimum absolute atomic E-state index is 0.0402. The van der Waals surface area contributed by atoms with Crippen LogP contribution in [-0.4, -0.2) is 56.4 Å². The van der Waals surface area contributed by atoms with Gasteiger partial charge in [0.05, 0.1) is 12.3 Å². The number of nitrogens with one attached hydrogen (secondary N) is 1. The summed E-state index contributed by atoms with van der Waals surface area (Å²) in [6.07, 6.45) is 1.52. The molecule has 2 heterocycles. The molecule has 0 atom stereocenters. The number of piperidine rings is 1. The molecule has 33 heavy (non-hydrogen) atoms. The van der Waals surface area contributed by atoms with Crippen molar-refractivity contribution in [3.05, 3.63) is 77.1 Å². The quantitative estimate of drug-likeness (QED) is 0.543. The Morgan fingerprint density at radius 2 is 1.70 bits per heavy atom. The monoisotopic (exact) mass is 463 g/mol. The highest BCUT2D eigenvalue weighted by Crippen LogP contribution is 2.20. The van der Waals surface area contributed by atoms with Crippen LogP contribution in [0.15, 0.2) is 59.8 Å². The third-order valence-corrected chi connectivity index (χ3v) is 6.93. The Morgan fingerprint density at radius 1 is 1.00 bits per heavy atom. The van der Waals surface area contributed by atoms with Crippen molar-refractivity contribution in [3.63, 3.8) is 0 Å². The molecule has 0 aliphatic carbocycles. The van der Waals surface area contributed by atoms with Gasteiger partial charge in [-0.1, -0.05) is 60.3 Å². The van der Waals surface area contributed by atoms with Crippen molar-refractivity contribution < 1.29 is 9.59 Å². The van der Waals surface area contributed by atoms with E-state index in [1.54, 1.807) is 0 Å². The molecule has 1 aromatic heterocycles. The van der Waals surface area contributed by atoms with E-state index in [-0.39, 0.29) is 17.9 Å². The Bertz CT molecular complexity index is 1110. The van der Waals surface area contributed by atoms with Crippen LogP contribution in [0.25, 0.3) is 0 Å². The molecule has 1 fully saturated rings. The number of benzene rings is 2. The fourth-order valence-electron chi connectivity index (χ4n) is 4.00. The molecule has 0 radical (unpaired) electrons. The molecule has 0 spiro atoms. The average Bonchev–Trinajstić information content (AvgIpc) is 3.18. The molecule has 7 nitrogen and oxygen atoms in total. The van der Waals surface area contributed by atoms with Crippen molar-refractivity contribution in [2.24, 2.45) is 0 Å². The van der Waals surface area contributed by atoms with Gasteiger partial charge in [0.2, 0.25) is 5.91 Å². The van der Waals surface area contributed by atoms with Crippen LogP contribution in [0.3, 0.4) is 0 Å². The lowest BCUT2D eigenvalue weighted by molar-refractivity contribution is -0.129. The number of carbonyl (C=O) groups is 2. The molecule has 1 aliphatic heterocycles. The van der Waals surface area contributed by atoms with Crippen LogP contribution >= 0.6 is 11.8 Å². The van der Waals surface area contributed by atoms with Gasteiger partial charge in [-0.25, -0.2) is 0 Å². The van der Waals surface area contributed by atoms with Gasteiger partial charge in [-0.15, -0.1) is 10.2 Å². The minimum Gasteiger partial charge on any atom is -0.349 e. The molecule has 0 bridgehead atoms. The Labute approximate surface area is 198 Å². The molecule has 0 saturated carbocycles. The molecule has 4 rings (SSSR count). The van der Waals surface area contributed by atoms with Gasteiger partial charge in [-0.3, -0.25) is 9.59 Å². The van der Waals surface area contributed by atoms with Crippen molar-refractivity contribution in [3.8, 4) is 0 Å². The number of aryl methyl sites for hydroxylation is 2. The lowest BCUT2D eigenvalue weighted by atomic mass is 10.0. The van der Waals surface area contributed by atoms with Gasteiger partial charge in [0.25, 0.3) is 5.91 Å². The standard InChI is InChI=1S/C25H29N5O2S/c1-18-8-6-7-11-22(18)24(32)26-21-12-14-29(15-13-21)23(31)17-33-25-28-27-19(2)30(25)16-20-9-4-3-5-10-20/h3-11,21H,12-17H2,1-2H3,(H,26,32). The molecule has 2 aromatic carbocycles. The Hall–Kier alpha value is -3.13. The van der Waals surface area contributed by atoms with Crippen LogP contribution in [0.1, 0.15) is 40.2 Å². The summed E-state index contributed by atoms with van der Waals surface area (Å²) in [5, 5.41) is 12.3. The average molecular weight is 464 g/mol. The van der Waals surface area contributed by atoms with E-state index >= 15 is 0 Å². The van der Waals surface area contributed by atoms with Gasteiger partial charge in [0.15, 0.2) is 5.16 Å². The summed E-state index contributed by atoms with van der Waals surface area (Å²) in [6.45, 7) is 5.84. The summed E-state index contributed by atoms with van der Waals surface area (Å²) in [6, 6.07) is 17.8. The number of carbonyl (C=O) groups excluding carboxylic acids is 2. The van der Waals surface area contributed by atoms with E-state index in [9.17, 15) is 9.59 Å². The second-order valence-electron chi connectivity index (χ2n) is 8.33. The molecule has 1 N–H and O–H groups in total. The SMILES string of the molecule is Cc1ccccc1C(=O)NC1CCN(C(=O)CSc2nnc(C)n2Cc2ccccc2)CC1. The lowest BCUT2D eigenvalue weighted by Gasteiger charge is -2.32. The smallest absolute Gasteiger partial charge is 0.251 e. The second-order valence-corrected chi connectivity index (χ2v) is 9.28. The lowest BCUT2D eigenvalue weighted by Crippen LogP contribution is -2.47. The predicted molar refractivity (Wildman–Crippen MR) is 129 cm³/mol. The first-order valence-corrected chi connectivity index (χ1v) is 12.2. The molecule has 1 saturated heterocycles. The van der Waals surface area contributed by atoms with Gasteiger partial charge in [-0.2, -0.15) is 0 Å². The normalized spacial score (nSPS) is 14.3. The van der Waals surface area contributed by atoms with E-state index in [4.69, 9.17) is 0 Å². The molecule has 1 aliphatic rings. The molecular weight excluding hydrogens is 434 g/mol. The summed E-state index contributed by atoms with van der Waals surface area (Å²) in [5.41, 5.74) is 2.85. The van der Waals surface area contributed by atoms with Crippen molar-refractivity contribution in [2.45, 2.75) is 44.4 Å². The van der Waals surface area contributed by atoms with E-state index in [1.165, 1.54) is 17.3 Å². The number of hydrogen-bond acceptors (Lipinski definition) is 5. The third-order valence-electron chi connectivity index (χ3n) is 5.98. The largest absolute Gasteiger partial charge is 0.349 e. The fourth-order valence-corrected chi connectivity index (χ4v) is 4.88. The van der Waals surface area contributed by atoms with Gasteiger partial charge < -0.3 is 14.8 Å². The number of nitrogens with zero attached hydrogens (tertiary/aromatic N) is 4. The zero-order valence-electron chi connectivity index (χ0n) is 19.0. The van der Waals surface area contributed by atoms with E-state index in [0.717, 1.165) is 29.4 Å². The topological polar surface area (TPSA) is 80.1 Å². The van der Waals surface area contributed by atoms with Gasteiger partial charge >= 0.3 is 0 Å². The van der Waals surface area contributed by atoms with Gasteiger partial charge in [0.1, 0.15) is 5.82 Å². The van der Waals surface area contributed by atoms with Crippen LogP contribution in [0.5, 0.6) is 0 Å². The van der Waals surface area contributed by atoms with Crippen LogP contribution in [0.2, 0.25) is 0 Å². The Kier molecular flexibility index (Phi) is 7.44.